The number of hydrogen-bond acceptors (Lipinski definition) is 2. The third-order valence-electron chi connectivity index (χ3n) is 1.66. The van der Waals surface area contributed by atoms with Crippen molar-refractivity contribution in [2.75, 3.05) is 0 Å². The summed E-state index contributed by atoms with van der Waals surface area (Å²) < 4.78 is 5.48. The first-order valence-electron chi connectivity index (χ1n) is 3.50. The maximum atomic E-state index is 7.25. The molecule has 1 fully saturated rings. The van der Waals surface area contributed by atoms with Gasteiger partial charge in [-0.05, 0) is 25.5 Å². The molecule has 1 radical (unpaired) electrons. The van der Waals surface area contributed by atoms with Crippen molar-refractivity contribution in [1.82, 2.24) is 0 Å². The largest absolute Gasteiger partial charge is 0.372 e. The summed E-state index contributed by atoms with van der Waals surface area (Å²) in [5.41, 5.74) is 0.195. The van der Waals surface area contributed by atoms with Crippen LogP contribution in [-0.2, 0) is 9.99 Å². The zero-order valence-corrected chi connectivity index (χ0v) is 6.76. The summed E-state index contributed by atoms with van der Waals surface area (Å²) in [6.45, 7) is 6.44. The number of ether oxygens (including phenoxy) is 1. The van der Waals surface area contributed by atoms with Gasteiger partial charge < -0.3 is 4.74 Å². The minimum absolute atomic E-state index is 0.195. The number of rotatable bonds is 1. The van der Waals surface area contributed by atoms with E-state index in [1.807, 2.05) is 0 Å². The van der Waals surface area contributed by atoms with Crippen LogP contribution in [0, 0.1) is 0 Å². The maximum absolute atomic E-state index is 7.25. The van der Waals surface area contributed by atoms with Crippen LogP contribution < -0.4 is 0 Å². The van der Waals surface area contributed by atoms with Gasteiger partial charge in [-0.15, -0.1) is 0 Å². The van der Waals surface area contributed by atoms with Gasteiger partial charge in [0.15, 0.2) is 0 Å². The molecule has 0 amide bonds. The second-order valence-electron chi connectivity index (χ2n) is 3.11. The summed E-state index contributed by atoms with van der Waals surface area (Å²) in [4.78, 5) is 0. The molecule has 0 aromatic heterocycles. The second-order valence-corrected chi connectivity index (χ2v) is 3.11. The Kier molecular flexibility index (Phi) is 3.86. The fraction of sp³-hybridized carbons (Fsp3) is 1.00. The Balaban J connectivity index is 0.000000371. The molecule has 0 saturated carbocycles. The smallest absolute Gasteiger partial charge is 0.0655 e. The Morgan fingerprint density at radius 2 is 2.00 bits per heavy atom. The highest BCUT2D eigenvalue weighted by atomic mass is 17.0. The number of hydrogen-bond donors (Lipinski definition) is 1. The van der Waals surface area contributed by atoms with Crippen LogP contribution in [0.2, 0.25) is 0 Å². The molecule has 3 heteroatoms. The summed E-state index contributed by atoms with van der Waals surface area (Å²) in [5.74, 6) is 0. The minimum atomic E-state index is 0.195. The first-order valence-corrected chi connectivity index (χ1v) is 3.50. The molecule has 1 rings (SSSR count). The van der Waals surface area contributed by atoms with E-state index < -0.39 is 0 Å². The quantitative estimate of drug-likeness (QED) is 0.454. The van der Waals surface area contributed by atoms with E-state index in [4.69, 9.17) is 15.3 Å². The summed E-state index contributed by atoms with van der Waals surface area (Å²) >= 11 is 0. The molecular formula is C7H15O3. The van der Waals surface area contributed by atoms with E-state index in [0.29, 0.717) is 6.10 Å². The van der Waals surface area contributed by atoms with Crippen molar-refractivity contribution in [2.45, 2.75) is 45.3 Å². The Bertz CT molecular complexity index is 82.9. The van der Waals surface area contributed by atoms with Crippen LogP contribution in [-0.4, -0.2) is 17.0 Å². The second kappa shape index (κ2) is 3.91. The Morgan fingerprint density at radius 3 is 2.10 bits per heavy atom. The third kappa shape index (κ3) is 2.64. The van der Waals surface area contributed by atoms with Crippen molar-refractivity contribution < 1.29 is 15.3 Å². The normalized spacial score (nSPS) is 27.9. The van der Waals surface area contributed by atoms with E-state index in [1.54, 1.807) is 0 Å². The first-order chi connectivity index (χ1) is 4.64. The highest BCUT2D eigenvalue weighted by Crippen LogP contribution is 2.32. The van der Waals surface area contributed by atoms with Crippen LogP contribution in [0.25, 0.3) is 0 Å². The zero-order valence-electron chi connectivity index (χ0n) is 6.76. The SMILES string of the molecule is CCC1CC(C)(C)O1.[O]O. The highest BCUT2D eigenvalue weighted by molar-refractivity contribution is 4.84. The van der Waals surface area contributed by atoms with Gasteiger partial charge in [-0.25, -0.2) is 5.26 Å². The average Bonchev–Trinajstić information content (AvgIpc) is 1.87. The predicted molar refractivity (Wildman–Crippen MR) is 37.2 cm³/mol. The lowest BCUT2D eigenvalue weighted by Crippen LogP contribution is -2.45. The fourth-order valence-electron chi connectivity index (χ4n) is 1.22. The molecule has 3 nitrogen and oxygen atoms in total. The molecule has 0 aromatic carbocycles. The summed E-state index contributed by atoms with van der Waals surface area (Å²) in [7, 11) is 0. The van der Waals surface area contributed by atoms with Crippen molar-refractivity contribution in [3.05, 3.63) is 0 Å². The topological polar surface area (TPSA) is 49.4 Å². The van der Waals surface area contributed by atoms with Crippen LogP contribution >= 0.6 is 0 Å². The van der Waals surface area contributed by atoms with E-state index in [0.717, 1.165) is 0 Å². The van der Waals surface area contributed by atoms with Crippen LogP contribution in [0.1, 0.15) is 33.6 Å². The minimum Gasteiger partial charge on any atom is -0.372 e. The van der Waals surface area contributed by atoms with E-state index in [2.05, 4.69) is 20.8 Å². The Hall–Kier alpha value is -0.120. The van der Waals surface area contributed by atoms with Crippen LogP contribution in [0.3, 0.4) is 0 Å². The van der Waals surface area contributed by atoms with E-state index >= 15 is 0 Å². The maximum Gasteiger partial charge on any atom is 0.0655 e. The molecule has 1 saturated heterocycles. The fourth-order valence-corrected chi connectivity index (χ4v) is 1.22. The van der Waals surface area contributed by atoms with Gasteiger partial charge in [0, 0.05) is 6.42 Å². The van der Waals surface area contributed by atoms with Crippen LogP contribution in [0.5, 0.6) is 0 Å². The molecule has 1 unspecified atom stereocenters. The molecule has 0 bridgehead atoms. The van der Waals surface area contributed by atoms with Crippen LogP contribution in [0.4, 0.5) is 0 Å². The highest BCUT2D eigenvalue weighted by Gasteiger charge is 2.35. The lowest BCUT2D eigenvalue weighted by molar-refractivity contribution is -0.247. The third-order valence-corrected chi connectivity index (χ3v) is 1.66. The lowest BCUT2D eigenvalue weighted by atomic mass is 9.92. The van der Waals surface area contributed by atoms with Gasteiger partial charge in [0.25, 0.3) is 0 Å². The first kappa shape index (κ1) is 9.88. The Morgan fingerprint density at radius 1 is 1.60 bits per heavy atom. The Labute approximate surface area is 61.6 Å². The van der Waals surface area contributed by atoms with Gasteiger partial charge in [0.1, 0.15) is 0 Å². The summed E-state index contributed by atoms with van der Waals surface area (Å²) in [6.07, 6.45) is 2.97. The molecule has 1 aliphatic heterocycles. The van der Waals surface area contributed by atoms with Crippen molar-refractivity contribution in [3.63, 3.8) is 0 Å². The summed E-state index contributed by atoms with van der Waals surface area (Å²) in [6, 6.07) is 0. The van der Waals surface area contributed by atoms with E-state index in [9.17, 15) is 0 Å². The molecule has 0 spiro atoms. The molecule has 1 heterocycles. The molecule has 1 N–H and O–H groups in total. The van der Waals surface area contributed by atoms with Gasteiger partial charge >= 0.3 is 0 Å². The van der Waals surface area contributed by atoms with E-state index in [1.165, 1.54) is 12.8 Å². The lowest BCUT2D eigenvalue weighted by Gasteiger charge is -2.42. The van der Waals surface area contributed by atoms with Gasteiger partial charge in [0.2, 0.25) is 0 Å². The molecule has 1 atom stereocenters. The van der Waals surface area contributed by atoms with Crippen molar-refractivity contribution >= 4 is 0 Å². The standard InChI is InChI=1S/C7H14O.HO2/c1-4-6-5-7(2,3)8-6;1-2/h6H,4-5H2,1-3H3;1H. The van der Waals surface area contributed by atoms with Gasteiger partial charge in [-0.2, -0.15) is 0 Å². The molecule has 0 aliphatic carbocycles. The molecule has 0 aromatic rings. The van der Waals surface area contributed by atoms with Gasteiger partial charge in [-0.3, -0.25) is 0 Å². The zero-order chi connectivity index (χ0) is 8.20. The predicted octanol–water partition coefficient (Wildman–Crippen LogP) is 1.85. The molecular weight excluding hydrogens is 132 g/mol. The van der Waals surface area contributed by atoms with Crippen molar-refractivity contribution in [2.24, 2.45) is 0 Å². The monoisotopic (exact) mass is 147 g/mol. The molecule has 1 aliphatic rings. The van der Waals surface area contributed by atoms with Gasteiger partial charge in [0.05, 0.1) is 11.7 Å². The van der Waals surface area contributed by atoms with Crippen molar-refractivity contribution in [1.29, 1.82) is 0 Å². The van der Waals surface area contributed by atoms with E-state index in [-0.39, 0.29) is 5.60 Å². The van der Waals surface area contributed by atoms with Gasteiger partial charge in [-0.1, -0.05) is 6.92 Å². The van der Waals surface area contributed by atoms with Crippen molar-refractivity contribution in [3.8, 4) is 0 Å². The average molecular weight is 147 g/mol. The van der Waals surface area contributed by atoms with Crippen LogP contribution in [0.15, 0.2) is 0 Å². The molecule has 10 heavy (non-hydrogen) atoms. The summed E-state index contributed by atoms with van der Waals surface area (Å²) in [5, 5.41) is 13.0. The molecule has 61 valence electrons.